The fraction of sp³-hybridized carbons (Fsp3) is 0.824. The third-order valence-corrected chi connectivity index (χ3v) is 5.12. The number of hydrogen-bond acceptors (Lipinski definition) is 2. The molecule has 0 aromatic carbocycles. The zero-order valence-corrected chi connectivity index (χ0v) is 15.0. The maximum atomic E-state index is 13.4. The van der Waals surface area contributed by atoms with Crippen LogP contribution in [-0.4, -0.2) is 21.0 Å². The molecule has 0 aliphatic carbocycles. The lowest BCUT2D eigenvalue weighted by atomic mass is 10.1. The van der Waals surface area contributed by atoms with Crippen LogP contribution >= 0.6 is 0 Å². The van der Waals surface area contributed by atoms with E-state index in [1.807, 2.05) is 0 Å². The molecule has 21 heavy (non-hydrogen) atoms. The van der Waals surface area contributed by atoms with Gasteiger partial charge in [-0.05, 0) is 25.6 Å². The molecule has 0 aliphatic rings. The minimum Gasteiger partial charge on any atom is -0.463 e. The van der Waals surface area contributed by atoms with E-state index in [0.29, 0.717) is 6.61 Å². The van der Waals surface area contributed by atoms with E-state index in [4.69, 9.17) is 4.74 Å². The predicted octanol–water partition coefficient (Wildman–Crippen LogP) is 5.79. The van der Waals surface area contributed by atoms with Crippen LogP contribution in [0.15, 0.2) is 12.7 Å². The van der Waals surface area contributed by atoms with Gasteiger partial charge in [0.15, 0.2) is 0 Å². The highest BCUT2D eigenvalue weighted by Gasteiger charge is 2.18. The van der Waals surface area contributed by atoms with Gasteiger partial charge in [0.2, 0.25) is 8.41 Å². The highest BCUT2D eigenvalue weighted by atomic mass is 28.4. The van der Waals surface area contributed by atoms with Gasteiger partial charge in [-0.15, -0.1) is 0 Å². The molecule has 0 bridgehead atoms. The lowest BCUT2D eigenvalue weighted by molar-refractivity contribution is -0.137. The van der Waals surface area contributed by atoms with E-state index >= 15 is 0 Å². The molecule has 0 saturated carbocycles. The van der Waals surface area contributed by atoms with Gasteiger partial charge in [-0.3, -0.25) is 0 Å². The number of carbonyl (C=O) groups excluding carboxylic acids is 1. The van der Waals surface area contributed by atoms with E-state index < -0.39 is 8.41 Å². The molecule has 0 atom stereocenters. The summed E-state index contributed by atoms with van der Waals surface area (Å²) in [6, 6.07) is 0.823. The van der Waals surface area contributed by atoms with Crippen LogP contribution in [0.25, 0.3) is 0 Å². The van der Waals surface area contributed by atoms with E-state index in [-0.39, 0.29) is 5.97 Å². The molecule has 0 aromatic heterocycles. The van der Waals surface area contributed by atoms with Crippen molar-refractivity contribution >= 4 is 14.4 Å². The monoisotopic (exact) mass is 316 g/mol. The molecule has 4 heteroatoms. The maximum absolute atomic E-state index is 13.4. The van der Waals surface area contributed by atoms with Crippen molar-refractivity contribution in [2.75, 3.05) is 6.61 Å². The number of rotatable bonds is 14. The van der Waals surface area contributed by atoms with Crippen molar-refractivity contribution < 1.29 is 13.6 Å². The van der Waals surface area contributed by atoms with Crippen LogP contribution in [0.2, 0.25) is 19.1 Å². The molecule has 0 spiro atoms. The zero-order chi connectivity index (χ0) is 16.0. The largest absolute Gasteiger partial charge is 0.463 e. The molecular formula is C17H33FO2Si. The summed E-state index contributed by atoms with van der Waals surface area (Å²) in [5, 5.41) is 0. The third-order valence-electron chi connectivity index (χ3n) is 3.58. The summed E-state index contributed by atoms with van der Waals surface area (Å²) in [4.78, 5) is 10.8. The average Bonchev–Trinajstić information content (AvgIpc) is 2.42. The lowest BCUT2D eigenvalue weighted by Gasteiger charge is -2.09. The summed E-state index contributed by atoms with van der Waals surface area (Å²) < 4.78 is 18.3. The highest BCUT2D eigenvalue weighted by Crippen LogP contribution is 2.17. The standard InChI is InChI=1S/C17H33FO2Si/c1-4-17(19)20-15-13-11-9-7-5-6-8-10-12-14-16-21(2,3)18/h4H,1,5-16H2,2-3H3. The van der Waals surface area contributed by atoms with Crippen molar-refractivity contribution in [2.24, 2.45) is 0 Å². The Balaban J connectivity index is 3.09. The van der Waals surface area contributed by atoms with Crippen LogP contribution in [0.5, 0.6) is 0 Å². The molecule has 0 heterocycles. The van der Waals surface area contributed by atoms with Crippen molar-refractivity contribution in [1.29, 1.82) is 0 Å². The third kappa shape index (κ3) is 17.3. The summed E-state index contributed by atoms with van der Waals surface area (Å²) in [6.07, 6.45) is 13.1. The Morgan fingerprint density at radius 2 is 1.38 bits per heavy atom. The summed E-state index contributed by atoms with van der Waals surface area (Å²) in [5.41, 5.74) is 0. The number of hydrogen-bond donors (Lipinski definition) is 0. The van der Waals surface area contributed by atoms with Crippen LogP contribution < -0.4 is 0 Å². The number of carbonyl (C=O) groups is 1. The quantitative estimate of drug-likeness (QED) is 0.133. The molecule has 124 valence electrons. The van der Waals surface area contributed by atoms with Crippen molar-refractivity contribution in [3.63, 3.8) is 0 Å². The Bertz CT molecular complexity index is 274. The van der Waals surface area contributed by atoms with E-state index in [1.54, 1.807) is 13.1 Å². The van der Waals surface area contributed by atoms with Crippen LogP contribution in [0.4, 0.5) is 4.11 Å². The molecular weight excluding hydrogens is 283 g/mol. The van der Waals surface area contributed by atoms with Gasteiger partial charge in [0.25, 0.3) is 0 Å². The van der Waals surface area contributed by atoms with Crippen molar-refractivity contribution in [3.05, 3.63) is 12.7 Å². The average molecular weight is 317 g/mol. The highest BCUT2D eigenvalue weighted by molar-refractivity contribution is 6.70. The van der Waals surface area contributed by atoms with Crippen LogP contribution in [0.3, 0.4) is 0 Å². The summed E-state index contributed by atoms with van der Waals surface area (Å²) in [7, 11) is -2.30. The van der Waals surface area contributed by atoms with E-state index in [2.05, 4.69) is 6.58 Å². The summed E-state index contributed by atoms with van der Waals surface area (Å²) >= 11 is 0. The summed E-state index contributed by atoms with van der Waals surface area (Å²) in [5.74, 6) is -0.325. The first kappa shape index (κ1) is 20.4. The van der Waals surface area contributed by atoms with Gasteiger partial charge in [0.1, 0.15) is 0 Å². The fourth-order valence-electron chi connectivity index (χ4n) is 2.29. The second-order valence-corrected chi connectivity index (χ2v) is 10.3. The van der Waals surface area contributed by atoms with Crippen LogP contribution in [-0.2, 0) is 9.53 Å². The van der Waals surface area contributed by atoms with Crippen molar-refractivity contribution in [3.8, 4) is 0 Å². The Hall–Kier alpha value is -0.643. The predicted molar refractivity (Wildman–Crippen MR) is 90.7 cm³/mol. The molecule has 0 unspecified atom stereocenters. The number of halogens is 1. The number of unbranched alkanes of at least 4 members (excludes halogenated alkanes) is 9. The van der Waals surface area contributed by atoms with Crippen LogP contribution in [0.1, 0.15) is 64.2 Å². The molecule has 0 saturated heterocycles. The Morgan fingerprint density at radius 3 is 1.81 bits per heavy atom. The minimum atomic E-state index is -2.30. The van der Waals surface area contributed by atoms with E-state index in [9.17, 15) is 8.90 Å². The molecule has 0 amide bonds. The normalized spacial score (nSPS) is 11.4. The molecule has 0 radical (unpaired) electrons. The maximum Gasteiger partial charge on any atom is 0.330 e. The first-order chi connectivity index (χ1) is 9.95. The Labute approximate surface area is 131 Å². The first-order valence-electron chi connectivity index (χ1n) is 8.44. The minimum absolute atomic E-state index is 0.325. The summed E-state index contributed by atoms with van der Waals surface area (Å²) in [6.45, 7) is 7.46. The van der Waals surface area contributed by atoms with Gasteiger partial charge in [-0.2, -0.15) is 0 Å². The first-order valence-corrected chi connectivity index (χ1v) is 11.5. The molecule has 0 rings (SSSR count). The molecule has 0 N–H and O–H groups in total. The second kappa shape index (κ2) is 13.1. The number of esters is 1. The SMILES string of the molecule is C=CC(=O)OCCCCCCCCCCCC[Si](C)(C)F. The van der Waals surface area contributed by atoms with Crippen molar-refractivity contribution in [1.82, 2.24) is 0 Å². The topological polar surface area (TPSA) is 26.3 Å². The molecule has 0 aliphatic heterocycles. The molecule has 0 fully saturated rings. The second-order valence-electron chi connectivity index (χ2n) is 6.38. The fourth-order valence-corrected chi connectivity index (χ4v) is 3.38. The smallest absolute Gasteiger partial charge is 0.330 e. The van der Waals surface area contributed by atoms with Gasteiger partial charge in [-0.25, -0.2) is 4.79 Å². The number of ether oxygens (including phenoxy) is 1. The molecule has 0 aromatic rings. The van der Waals surface area contributed by atoms with E-state index in [1.165, 1.54) is 51.0 Å². The zero-order valence-electron chi connectivity index (χ0n) is 14.0. The van der Waals surface area contributed by atoms with Gasteiger partial charge < -0.3 is 8.84 Å². The van der Waals surface area contributed by atoms with Gasteiger partial charge in [-0.1, -0.05) is 64.4 Å². The Morgan fingerprint density at radius 1 is 0.952 bits per heavy atom. The van der Waals surface area contributed by atoms with Gasteiger partial charge in [0, 0.05) is 6.08 Å². The van der Waals surface area contributed by atoms with Crippen LogP contribution in [0, 0.1) is 0 Å². The van der Waals surface area contributed by atoms with Crippen molar-refractivity contribution in [2.45, 2.75) is 83.3 Å². The molecule has 2 nitrogen and oxygen atoms in total. The van der Waals surface area contributed by atoms with E-state index in [0.717, 1.165) is 25.3 Å². The lowest BCUT2D eigenvalue weighted by Crippen LogP contribution is -2.16. The van der Waals surface area contributed by atoms with Gasteiger partial charge in [0.05, 0.1) is 6.61 Å². The van der Waals surface area contributed by atoms with Gasteiger partial charge >= 0.3 is 5.97 Å². The Kier molecular flexibility index (Phi) is 12.7.